The maximum absolute atomic E-state index is 11.6. The van der Waals surface area contributed by atoms with Crippen LogP contribution in [0.4, 0.5) is 0 Å². The summed E-state index contributed by atoms with van der Waals surface area (Å²) in [5.41, 5.74) is 0.440. The first-order valence-electron chi connectivity index (χ1n) is 4.64. The number of aromatic nitrogens is 1. The van der Waals surface area contributed by atoms with Crippen molar-refractivity contribution in [2.24, 2.45) is 0 Å². The molecule has 0 saturated carbocycles. The zero-order chi connectivity index (χ0) is 11.4. The predicted molar refractivity (Wildman–Crippen MR) is 60.6 cm³/mol. The fourth-order valence-electron chi connectivity index (χ4n) is 1.15. The summed E-state index contributed by atoms with van der Waals surface area (Å²) in [4.78, 5) is 15.5. The minimum atomic E-state index is -0.449. The van der Waals surface area contributed by atoms with E-state index in [0.29, 0.717) is 10.6 Å². The number of halogens is 1. The summed E-state index contributed by atoms with van der Waals surface area (Å²) in [7, 11) is 0. The van der Waals surface area contributed by atoms with E-state index in [-0.39, 0.29) is 5.88 Å². The first-order chi connectivity index (χ1) is 7.75. The topological polar surface area (TPSA) is 39.2 Å². The van der Waals surface area contributed by atoms with Gasteiger partial charge < -0.3 is 4.74 Å². The van der Waals surface area contributed by atoms with Crippen LogP contribution in [0, 0.1) is 0 Å². The monoisotopic (exact) mass is 233 g/mol. The lowest BCUT2D eigenvalue weighted by Crippen LogP contribution is -2.08. The average molecular weight is 234 g/mol. The standard InChI is InChI=1S/C12H8ClNO2/c13-10-6-4-9(5-7-10)12(15)16-11-3-1-2-8-14-11/h1-8H. The number of carbonyl (C=O) groups is 1. The molecule has 0 unspecified atom stereocenters. The van der Waals surface area contributed by atoms with Crippen LogP contribution in [0.25, 0.3) is 0 Å². The maximum atomic E-state index is 11.6. The third-order valence-electron chi connectivity index (χ3n) is 1.91. The van der Waals surface area contributed by atoms with E-state index in [4.69, 9.17) is 16.3 Å². The van der Waals surface area contributed by atoms with Crippen molar-refractivity contribution in [1.29, 1.82) is 0 Å². The largest absolute Gasteiger partial charge is 0.404 e. The van der Waals surface area contributed by atoms with E-state index in [1.807, 2.05) is 0 Å². The number of pyridine rings is 1. The Morgan fingerprint density at radius 3 is 2.50 bits per heavy atom. The number of rotatable bonds is 2. The first-order valence-corrected chi connectivity index (χ1v) is 5.02. The van der Waals surface area contributed by atoms with Gasteiger partial charge in [0.05, 0.1) is 5.56 Å². The molecule has 4 heteroatoms. The molecule has 80 valence electrons. The highest BCUT2D eigenvalue weighted by Gasteiger charge is 2.08. The van der Waals surface area contributed by atoms with Crippen molar-refractivity contribution >= 4 is 17.6 Å². The van der Waals surface area contributed by atoms with Gasteiger partial charge in [-0.1, -0.05) is 17.7 Å². The van der Waals surface area contributed by atoms with Crippen LogP contribution >= 0.6 is 11.6 Å². The second-order valence-corrected chi connectivity index (χ2v) is 3.50. The Morgan fingerprint density at radius 2 is 1.88 bits per heavy atom. The molecule has 0 fully saturated rings. The number of nitrogens with zero attached hydrogens (tertiary/aromatic N) is 1. The summed E-state index contributed by atoms with van der Waals surface area (Å²) < 4.78 is 5.05. The van der Waals surface area contributed by atoms with Crippen LogP contribution in [0.1, 0.15) is 10.4 Å². The molecule has 0 spiro atoms. The van der Waals surface area contributed by atoms with Crippen molar-refractivity contribution in [2.45, 2.75) is 0 Å². The second-order valence-electron chi connectivity index (χ2n) is 3.06. The molecule has 0 aliphatic heterocycles. The molecular formula is C12H8ClNO2. The Morgan fingerprint density at radius 1 is 1.12 bits per heavy atom. The first kappa shape index (κ1) is 10.6. The van der Waals surface area contributed by atoms with E-state index >= 15 is 0 Å². The third kappa shape index (κ3) is 2.58. The summed E-state index contributed by atoms with van der Waals surface area (Å²) in [6, 6.07) is 11.6. The second kappa shape index (κ2) is 4.77. The minimum absolute atomic E-state index is 0.280. The van der Waals surface area contributed by atoms with Gasteiger partial charge in [0, 0.05) is 17.3 Å². The van der Waals surface area contributed by atoms with Crippen molar-refractivity contribution in [3.8, 4) is 5.88 Å². The molecule has 16 heavy (non-hydrogen) atoms. The predicted octanol–water partition coefficient (Wildman–Crippen LogP) is 2.95. The van der Waals surface area contributed by atoms with Crippen LogP contribution in [-0.4, -0.2) is 11.0 Å². The van der Waals surface area contributed by atoms with Gasteiger partial charge in [0.25, 0.3) is 0 Å². The van der Waals surface area contributed by atoms with E-state index in [1.54, 1.807) is 48.7 Å². The molecular weight excluding hydrogens is 226 g/mol. The van der Waals surface area contributed by atoms with Gasteiger partial charge >= 0.3 is 5.97 Å². The highest BCUT2D eigenvalue weighted by molar-refractivity contribution is 6.30. The quantitative estimate of drug-likeness (QED) is 0.749. The van der Waals surface area contributed by atoms with Gasteiger partial charge in [-0.15, -0.1) is 0 Å². The van der Waals surface area contributed by atoms with Gasteiger partial charge in [-0.2, -0.15) is 0 Å². The van der Waals surface area contributed by atoms with Crippen molar-refractivity contribution in [1.82, 2.24) is 4.98 Å². The Hall–Kier alpha value is -1.87. The summed E-state index contributed by atoms with van der Waals surface area (Å²) in [6.07, 6.45) is 1.56. The summed E-state index contributed by atoms with van der Waals surface area (Å²) in [5.74, 6) is -0.169. The lowest BCUT2D eigenvalue weighted by molar-refractivity contribution is 0.0727. The van der Waals surface area contributed by atoms with Crippen molar-refractivity contribution < 1.29 is 9.53 Å². The molecule has 0 aliphatic rings. The molecule has 3 nitrogen and oxygen atoms in total. The Balaban J connectivity index is 2.12. The van der Waals surface area contributed by atoms with Crippen molar-refractivity contribution in [3.63, 3.8) is 0 Å². The van der Waals surface area contributed by atoms with E-state index in [1.165, 1.54) is 0 Å². The van der Waals surface area contributed by atoms with Crippen LogP contribution in [0.2, 0.25) is 5.02 Å². The highest BCUT2D eigenvalue weighted by Crippen LogP contribution is 2.12. The molecule has 1 aromatic carbocycles. The van der Waals surface area contributed by atoms with Crippen LogP contribution in [0.15, 0.2) is 48.7 Å². The van der Waals surface area contributed by atoms with Gasteiger partial charge in [0.2, 0.25) is 5.88 Å². The van der Waals surface area contributed by atoms with E-state index in [9.17, 15) is 4.79 Å². The zero-order valence-electron chi connectivity index (χ0n) is 8.26. The van der Waals surface area contributed by atoms with E-state index in [0.717, 1.165) is 0 Å². The molecule has 0 aliphatic carbocycles. The average Bonchev–Trinajstić information content (AvgIpc) is 2.31. The molecule has 0 atom stereocenters. The van der Waals surface area contributed by atoms with Gasteiger partial charge in [0.1, 0.15) is 0 Å². The summed E-state index contributed by atoms with van der Waals surface area (Å²) in [5, 5.41) is 0.578. The summed E-state index contributed by atoms with van der Waals surface area (Å²) in [6.45, 7) is 0. The highest BCUT2D eigenvalue weighted by atomic mass is 35.5. The molecule has 2 rings (SSSR count). The maximum Gasteiger partial charge on any atom is 0.344 e. The van der Waals surface area contributed by atoms with Crippen molar-refractivity contribution in [2.75, 3.05) is 0 Å². The Kier molecular flexibility index (Phi) is 3.17. The van der Waals surface area contributed by atoms with Crippen LogP contribution in [0.5, 0.6) is 5.88 Å². The number of benzene rings is 1. The molecule has 2 aromatic rings. The molecule has 0 bridgehead atoms. The molecule has 1 aromatic heterocycles. The van der Waals surface area contributed by atoms with E-state index in [2.05, 4.69) is 4.98 Å². The number of esters is 1. The fraction of sp³-hybridized carbons (Fsp3) is 0. The Labute approximate surface area is 97.7 Å². The van der Waals surface area contributed by atoms with Gasteiger partial charge in [-0.25, -0.2) is 9.78 Å². The van der Waals surface area contributed by atoms with Gasteiger partial charge in [-0.3, -0.25) is 0 Å². The van der Waals surface area contributed by atoms with Crippen LogP contribution < -0.4 is 4.74 Å². The van der Waals surface area contributed by atoms with Crippen molar-refractivity contribution in [3.05, 3.63) is 59.2 Å². The molecule has 0 N–H and O–H groups in total. The molecule has 0 amide bonds. The summed E-state index contributed by atoms with van der Waals surface area (Å²) >= 11 is 5.71. The lowest BCUT2D eigenvalue weighted by Gasteiger charge is -2.02. The third-order valence-corrected chi connectivity index (χ3v) is 2.17. The molecule has 1 heterocycles. The van der Waals surface area contributed by atoms with E-state index < -0.39 is 5.97 Å². The number of carbonyl (C=O) groups excluding carboxylic acids is 1. The molecule has 0 saturated heterocycles. The number of ether oxygens (including phenoxy) is 1. The van der Waals surface area contributed by atoms with Gasteiger partial charge in [0.15, 0.2) is 0 Å². The SMILES string of the molecule is O=C(Oc1ccccn1)c1ccc(Cl)cc1. The molecule has 0 radical (unpaired) electrons. The number of hydrogen-bond donors (Lipinski definition) is 0. The Bertz CT molecular complexity index is 482. The normalized spacial score (nSPS) is 9.81. The smallest absolute Gasteiger partial charge is 0.344 e. The van der Waals surface area contributed by atoms with Gasteiger partial charge in [-0.05, 0) is 30.3 Å². The van der Waals surface area contributed by atoms with Crippen LogP contribution in [-0.2, 0) is 0 Å². The zero-order valence-corrected chi connectivity index (χ0v) is 9.02. The number of hydrogen-bond acceptors (Lipinski definition) is 3. The lowest BCUT2D eigenvalue weighted by atomic mass is 10.2. The fourth-order valence-corrected chi connectivity index (χ4v) is 1.27. The minimum Gasteiger partial charge on any atom is -0.404 e. The van der Waals surface area contributed by atoms with Crippen LogP contribution in [0.3, 0.4) is 0 Å².